The minimum Gasteiger partial charge on any atom is -0.0776 e. The van der Waals surface area contributed by atoms with E-state index in [1.54, 1.807) is 0 Å². The molecule has 0 aliphatic rings. The normalized spacial score (nSPS) is 9.54. The summed E-state index contributed by atoms with van der Waals surface area (Å²) < 4.78 is 0. The van der Waals surface area contributed by atoms with E-state index in [0.717, 1.165) is 12.8 Å². The van der Waals surface area contributed by atoms with Crippen LogP contribution in [0.2, 0.25) is 0 Å². The van der Waals surface area contributed by atoms with Gasteiger partial charge in [0.15, 0.2) is 0 Å². The summed E-state index contributed by atoms with van der Waals surface area (Å²) in [5.41, 5.74) is 5.90. The number of aryl methyl sites for hydroxylation is 3. The summed E-state index contributed by atoms with van der Waals surface area (Å²) in [4.78, 5) is 0. The summed E-state index contributed by atoms with van der Waals surface area (Å²) >= 11 is 0. The number of rotatable bonds is 2. The molecular formula is C13H22. The van der Waals surface area contributed by atoms with Crippen molar-refractivity contribution >= 4 is 0 Å². The lowest BCUT2D eigenvalue weighted by molar-refractivity contribution is 1.04. The van der Waals surface area contributed by atoms with Crippen LogP contribution in [0.1, 0.15) is 43.5 Å². The van der Waals surface area contributed by atoms with Crippen LogP contribution in [-0.4, -0.2) is 0 Å². The van der Waals surface area contributed by atoms with Gasteiger partial charge in [-0.1, -0.05) is 39.0 Å². The largest absolute Gasteiger partial charge is 0.0776 e. The van der Waals surface area contributed by atoms with Gasteiger partial charge in [-0.15, -0.1) is 0 Å². The van der Waals surface area contributed by atoms with E-state index in [-0.39, 0.29) is 7.43 Å². The van der Waals surface area contributed by atoms with Crippen LogP contribution >= 0.6 is 0 Å². The lowest BCUT2D eigenvalue weighted by Crippen LogP contribution is -1.94. The van der Waals surface area contributed by atoms with Crippen LogP contribution < -0.4 is 0 Å². The Morgan fingerprint density at radius 1 is 0.923 bits per heavy atom. The smallest absolute Gasteiger partial charge is 0.0305 e. The Balaban J connectivity index is 0.00000144. The quantitative estimate of drug-likeness (QED) is 0.640. The van der Waals surface area contributed by atoms with Crippen LogP contribution in [0.4, 0.5) is 0 Å². The molecule has 1 aromatic carbocycles. The first-order chi connectivity index (χ1) is 5.69. The van der Waals surface area contributed by atoms with Gasteiger partial charge in [-0.2, -0.15) is 0 Å². The van der Waals surface area contributed by atoms with Crippen molar-refractivity contribution in [3.05, 3.63) is 34.4 Å². The van der Waals surface area contributed by atoms with Gasteiger partial charge in [0, 0.05) is 0 Å². The Bertz CT molecular complexity index is 246. The van der Waals surface area contributed by atoms with E-state index in [0.29, 0.717) is 0 Å². The highest BCUT2D eigenvalue weighted by Gasteiger charge is 2.01. The molecule has 13 heavy (non-hydrogen) atoms. The molecule has 0 aliphatic heterocycles. The third kappa shape index (κ3) is 2.58. The second-order valence-corrected chi connectivity index (χ2v) is 3.42. The molecule has 0 bridgehead atoms. The van der Waals surface area contributed by atoms with E-state index < -0.39 is 0 Å². The van der Waals surface area contributed by atoms with Crippen LogP contribution in [0.25, 0.3) is 0 Å². The third-order valence-corrected chi connectivity index (χ3v) is 2.53. The zero-order valence-electron chi connectivity index (χ0n) is 8.57. The summed E-state index contributed by atoms with van der Waals surface area (Å²) in [6, 6.07) is 4.60. The van der Waals surface area contributed by atoms with Crippen molar-refractivity contribution in [1.82, 2.24) is 0 Å². The molecule has 1 aromatic rings. The van der Waals surface area contributed by atoms with Crippen molar-refractivity contribution in [3.8, 4) is 0 Å². The second-order valence-electron chi connectivity index (χ2n) is 3.42. The molecule has 0 fully saturated rings. The third-order valence-electron chi connectivity index (χ3n) is 2.53. The molecule has 0 N–H and O–H groups in total. The summed E-state index contributed by atoms with van der Waals surface area (Å²) in [6.07, 6.45) is 2.31. The molecule has 0 aliphatic carbocycles. The van der Waals surface area contributed by atoms with Gasteiger partial charge in [-0.25, -0.2) is 0 Å². The summed E-state index contributed by atoms with van der Waals surface area (Å²) in [6.45, 7) is 8.86. The zero-order chi connectivity index (χ0) is 9.14. The maximum absolute atomic E-state index is 2.30. The number of hydrogen-bond acceptors (Lipinski definition) is 0. The molecule has 0 radical (unpaired) electrons. The summed E-state index contributed by atoms with van der Waals surface area (Å²) in [7, 11) is 0. The van der Waals surface area contributed by atoms with Gasteiger partial charge < -0.3 is 0 Å². The Hall–Kier alpha value is -0.780. The fourth-order valence-electron chi connectivity index (χ4n) is 1.75. The summed E-state index contributed by atoms with van der Waals surface area (Å²) in [5, 5.41) is 0. The van der Waals surface area contributed by atoms with Crippen molar-refractivity contribution in [2.24, 2.45) is 0 Å². The first-order valence-corrected chi connectivity index (χ1v) is 4.78. The molecule has 0 saturated carbocycles. The number of benzene rings is 1. The van der Waals surface area contributed by atoms with Gasteiger partial charge in [0.1, 0.15) is 0 Å². The topological polar surface area (TPSA) is 0 Å². The van der Waals surface area contributed by atoms with Crippen molar-refractivity contribution < 1.29 is 0 Å². The fraction of sp³-hybridized carbons (Fsp3) is 0.538. The Morgan fingerprint density at radius 3 is 1.62 bits per heavy atom. The van der Waals surface area contributed by atoms with Gasteiger partial charge in [0.25, 0.3) is 0 Å². The van der Waals surface area contributed by atoms with Crippen LogP contribution in [-0.2, 0) is 12.8 Å². The minimum atomic E-state index is 0. The fourth-order valence-corrected chi connectivity index (χ4v) is 1.75. The zero-order valence-corrected chi connectivity index (χ0v) is 8.57. The first kappa shape index (κ1) is 12.2. The van der Waals surface area contributed by atoms with Crippen molar-refractivity contribution in [2.45, 2.75) is 48.0 Å². The van der Waals surface area contributed by atoms with E-state index in [4.69, 9.17) is 0 Å². The molecule has 0 spiro atoms. The molecule has 0 aromatic heterocycles. The van der Waals surface area contributed by atoms with Gasteiger partial charge in [-0.05, 0) is 43.4 Å². The highest BCUT2D eigenvalue weighted by Crippen LogP contribution is 2.17. The average Bonchev–Trinajstić information content (AvgIpc) is 2.08. The van der Waals surface area contributed by atoms with Crippen LogP contribution in [0.3, 0.4) is 0 Å². The average molecular weight is 178 g/mol. The monoisotopic (exact) mass is 178 g/mol. The van der Waals surface area contributed by atoms with E-state index in [2.05, 4.69) is 39.8 Å². The Morgan fingerprint density at radius 2 is 1.31 bits per heavy atom. The highest BCUT2D eigenvalue weighted by molar-refractivity contribution is 5.37. The molecule has 74 valence electrons. The maximum Gasteiger partial charge on any atom is -0.0305 e. The SMILES string of the molecule is C.CCc1cc(C)cc(CC)c1C. The van der Waals surface area contributed by atoms with Gasteiger partial charge >= 0.3 is 0 Å². The summed E-state index contributed by atoms with van der Waals surface area (Å²) in [5.74, 6) is 0. The molecular weight excluding hydrogens is 156 g/mol. The van der Waals surface area contributed by atoms with E-state index >= 15 is 0 Å². The van der Waals surface area contributed by atoms with E-state index in [1.165, 1.54) is 22.3 Å². The molecule has 1 rings (SSSR count). The molecule has 0 heterocycles. The van der Waals surface area contributed by atoms with E-state index in [9.17, 15) is 0 Å². The standard InChI is InChI=1S/C12H18.CH4/c1-5-11-7-9(3)8-12(6-2)10(11)4;/h7-8H,5-6H2,1-4H3;1H4. The van der Waals surface area contributed by atoms with Crippen molar-refractivity contribution in [3.63, 3.8) is 0 Å². The molecule has 0 amide bonds. The molecule has 0 atom stereocenters. The van der Waals surface area contributed by atoms with Crippen molar-refractivity contribution in [1.29, 1.82) is 0 Å². The second kappa shape index (κ2) is 5.06. The lowest BCUT2D eigenvalue weighted by Gasteiger charge is -2.09. The Labute approximate surface area is 83.0 Å². The van der Waals surface area contributed by atoms with E-state index in [1.807, 2.05) is 0 Å². The maximum atomic E-state index is 2.30. The molecule has 0 saturated heterocycles. The van der Waals surface area contributed by atoms with Crippen LogP contribution in [0, 0.1) is 13.8 Å². The lowest BCUT2D eigenvalue weighted by atomic mass is 9.96. The molecule has 0 heteroatoms. The molecule has 0 nitrogen and oxygen atoms in total. The number of hydrogen-bond donors (Lipinski definition) is 0. The van der Waals surface area contributed by atoms with Gasteiger partial charge in [0.05, 0.1) is 0 Å². The first-order valence-electron chi connectivity index (χ1n) is 4.78. The van der Waals surface area contributed by atoms with Crippen LogP contribution in [0.5, 0.6) is 0 Å². The predicted molar refractivity (Wildman–Crippen MR) is 61.4 cm³/mol. The van der Waals surface area contributed by atoms with Gasteiger partial charge in [-0.3, -0.25) is 0 Å². The minimum absolute atomic E-state index is 0. The van der Waals surface area contributed by atoms with Crippen molar-refractivity contribution in [2.75, 3.05) is 0 Å². The highest BCUT2D eigenvalue weighted by atomic mass is 14.1. The predicted octanol–water partition coefficient (Wildman–Crippen LogP) is 4.06. The van der Waals surface area contributed by atoms with Crippen LogP contribution in [0.15, 0.2) is 12.1 Å². The Kier molecular flexibility index (Phi) is 4.76. The van der Waals surface area contributed by atoms with Gasteiger partial charge in [0.2, 0.25) is 0 Å². The molecule has 0 unspecified atom stereocenters.